The summed E-state index contributed by atoms with van der Waals surface area (Å²) in [6.07, 6.45) is 3.94. The molecule has 4 rings (SSSR count). The van der Waals surface area contributed by atoms with Crippen LogP contribution in [0, 0.1) is 0 Å². The van der Waals surface area contributed by atoms with Gasteiger partial charge in [-0.05, 0) is 37.5 Å². The van der Waals surface area contributed by atoms with Crippen LogP contribution in [-0.4, -0.2) is 30.4 Å². The maximum atomic E-state index is 12.6. The molecule has 0 saturated carbocycles. The fraction of sp³-hybridized carbons (Fsp3) is 0.368. The molecule has 0 saturated heterocycles. The van der Waals surface area contributed by atoms with Gasteiger partial charge in [0.25, 0.3) is 0 Å². The summed E-state index contributed by atoms with van der Waals surface area (Å²) in [6, 6.07) is 5.24. The maximum absolute atomic E-state index is 12.6. The van der Waals surface area contributed by atoms with Crippen LogP contribution in [0.5, 0.6) is 17.2 Å². The second-order valence-electron chi connectivity index (χ2n) is 6.00. The molecular weight excluding hydrogens is 356 g/mol. The van der Waals surface area contributed by atoms with E-state index in [0.29, 0.717) is 46.5 Å². The summed E-state index contributed by atoms with van der Waals surface area (Å²) < 4.78 is 21.8. The zero-order chi connectivity index (χ0) is 18.1. The SMILES string of the molecule is CCOC(=O)C1SC(Oc2ccc3c(c2)OCO3)=C2C(=O)CCCC=C21. The van der Waals surface area contributed by atoms with Crippen molar-refractivity contribution in [1.29, 1.82) is 0 Å². The highest BCUT2D eigenvalue weighted by molar-refractivity contribution is 8.04. The minimum Gasteiger partial charge on any atom is -0.465 e. The van der Waals surface area contributed by atoms with E-state index in [9.17, 15) is 9.59 Å². The van der Waals surface area contributed by atoms with Gasteiger partial charge in [0.15, 0.2) is 22.4 Å². The van der Waals surface area contributed by atoms with Crippen molar-refractivity contribution in [2.75, 3.05) is 13.4 Å². The van der Waals surface area contributed by atoms with E-state index in [1.54, 1.807) is 25.1 Å². The second kappa shape index (κ2) is 7.07. The lowest BCUT2D eigenvalue weighted by molar-refractivity contribution is -0.141. The van der Waals surface area contributed by atoms with Gasteiger partial charge in [0.05, 0.1) is 12.2 Å². The molecule has 2 aliphatic heterocycles. The topological polar surface area (TPSA) is 71.1 Å². The molecular formula is C19H18O6S. The van der Waals surface area contributed by atoms with Gasteiger partial charge in [0.1, 0.15) is 11.0 Å². The summed E-state index contributed by atoms with van der Waals surface area (Å²) >= 11 is 1.23. The standard InChI is InChI=1S/C19H18O6S/c1-2-22-18(21)17-12-5-3-4-6-13(20)16(12)19(26-17)25-11-7-8-14-15(9-11)24-10-23-14/h5,7-9,17H,2-4,6,10H2,1H3. The minimum atomic E-state index is -0.559. The van der Waals surface area contributed by atoms with Crippen molar-refractivity contribution in [3.8, 4) is 17.2 Å². The largest absolute Gasteiger partial charge is 0.465 e. The Kier molecular flexibility index (Phi) is 4.63. The number of hydrogen-bond donors (Lipinski definition) is 0. The van der Waals surface area contributed by atoms with Crippen LogP contribution in [0.15, 0.2) is 40.5 Å². The molecule has 0 aromatic heterocycles. The van der Waals surface area contributed by atoms with Crippen molar-refractivity contribution in [3.63, 3.8) is 0 Å². The number of benzene rings is 1. The molecule has 1 unspecified atom stereocenters. The second-order valence-corrected chi connectivity index (χ2v) is 7.08. The van der Waals surface area contributed by atoms with Crippen LogP contribution in [0.1, 0.15) is 26.2 Å². The summed E-state index contributed by atoms with van der Waals surface area (Å²) in [5, 5.41) is -0.115. The molecule has 6 nitrogen and oxygen atoms in total. The molecule has 0 spiro atoms. The third-order valence-electron chi connectivity index (χ3n) is 4.31. The van der Waals surface area contributed by atoms with Crippen LogP contribution in [0.25, 0.3) is 0 Å². The fourth-order valence-corrected chi connectivity index (χ4v) is 4.34. The smallest absolute Gasteiger partial charge is 0.324 e. The van der Waals surface area contributed by atoms with E-state index >= 15 is 0 Å². The van der Waals surface area contributed by atoms with Crippen LogP contribution in [-0.2, 0) is 14.3 Å². The Morgan fingerprint density at radius 3 is 3.00 bits per heavy atom. The highest BCUT2D eigenvalue weighted by Crippen LogP contribution is 2.46. The average molecular weight is 374 g/mol. The lowest BCUT2D eigenvalue weighted by Crippen LogP contribution is -2.21. The molecule has 1 atom stereocenters. The van der Waals surface area contributed by atoms with E-state index in [4.69, 9.17) is 18.9 Å². The third-order valence-corrected chi connectivity index (χ3v) is 5.49. The summed E-state index contributed by atoms with van der Waals surface area (Å²) in [6.45, 7) is 2.24. The molecule has 1 aromatic carbocycles. The molecule has 1 aromatic rings. The van der Waals surface area contributed by atoms with Gasteiger partial charge in [-0.1, -0.05) is 17.8 Å². The molecule has 0 N–H and O–H groups in total. The van der Waals surface area contributed by atoms with Crippen LogP contribution < -0.4 is 14.2 Å². The first-order valence-corrected chi connectivity index (χ1v) is 9.44. The van der Waals surface area contributed by atoms with Gasteiger partial charge in [0, 0.05) is 12.5 Å². The van der Waals surface area contributed by atoms with Crippen LogP contribution in [0.2, 0.25) is 0 Å². The van der Waals surface area contributed by atoms with Crippen molar-refractivity contribution < 1.29 is 28.5 Å². The van der Waals surface area contributed by atoms with Gasteiger partial charge < -0.3 is 18.9 Å². The molecule has 3 aliphatic rings. The van der Waals surface area contributed by atoms with Gasteiger partial charge in [-0.15, -0.1) is 0 Å². The van der Waals surface area contributed by atoms with Crippen LogP contribution in [0.3, 0.4) is 0 Å². The Bertz CT molecular complexity index is 825. The highest BCUT2D eigenvalue weighted by atomic mass is 32.2. The Morgan fingerprint density at radius 1 is 1.31 bits per heavy atom. The van der Waals surface area contributed by atoms with E-state index in [-0.39, 0.29) is 18.5 Å². The first-order valence-electron chi connectivity index (χ1n) is 8.56. The maximum Gasteiger partial charge on any atom is 0.324 e. The first-order chi connectivity index (χ1) is 12.7. The number of ketones is 1. The summed E-state index contributed by atoms with van der Waals surface area (Å²) in [7, 11) is 0. The van der Waals surface area contributed by atoms with Gasteiger partial charge in [0.2, 0.25) is 6.79 Å². The Hall–Kier alpha value is -2.41. The van der Waals surface area contributed by atoms with E-state index in [1.807, 2.05) is 6.08 Å². The summed E-state index contributed by atoms with van der Waals surface area (Å²) in [5.74, 6) is 1.44. The predicted octanol–water partition coefficient (Wildman–Crippen LogP) is 3.36. The van der Waals surface area contributed by atoms with Crippen molar-refractivity contribution in [3.05, 3.63) is 40.5 Å². The van der Waals surface area contributed by atoms with Crippen molar-refractivity contribution >= 4 is 23.5 Å². The molecule has 0 bridgehead atoms. The number of allylic oxidation sites excluding steroid dienone is 2. The van der Waals surface area contributed by atoms with Gasteiger partial charge in [-0.3, -0.25) is 9.59 Å². The number of thioether (sulfide) groups is 1. The van der Waals surface area contributed by atoms with E-state index in [1.165, 1.54) is 11.8 Å². The number of ether oxygens (including phenoxy) is 4. The molecule has 1 aliphatic carbocycles. The number of carbonyl (C=O) groups is 2. The van der Waals surface area contributed by atoms with Crippen LogP contribution in [0.4, 0.5) is 0 Å². The van der Waals surface area contributed by atoms with E-state index < -0.39 is 5.25 Å². The number of Topliss-reactive ketones (excluding diaryl/α,β-unsaturated/α-hetero) is 1. The lowest BCUT2D eigenvalue weighted by Gasteiger charge is -2.11. The molecule has 0 radical (unpaired) electrons. The van der Waals surface area contributed by atoms with Crippen molar-refractivity contribution in [2.45, 2.75) is 31.4 Å². The summed E-state index contributed by atoms with van der Waals surface area (Å²) in [4.78, 5) is 25.0. The number of rotatable bonds is 4. The normalized spacial score (nSPS) is 21.2. The quantitative estimate of drug-likeness (QED) is 0.748. The monoisotopic (exact) mass is 374 g/mol. The number of fused-ring (bicyclic) bond motifs is 2. The van der Waals surface area contributed by atoms with Gasteiger partial charge in [-0.2, -0.15) is 0 Å². The Labute approximate surface area is 155 Å². The Morgan fingerprint density at radius 2 is 2.15 bits per heavy atom. The van der Waals surface area contributed by atoms with Gasteiger partial charge >= 0.3 is 5.97 Å². The zero-order valence-corrected chi connectivity index (χ0v) is 15.1. The number of hydrogen-bond acceptors (Lipinski definition) is 7. The zero-order valence-electron chi connectivity index (χ0n) is 14.3. The molecule has 26 heavy (non-hydrogen) atoms. The molecule has 0 fully saturated rings. The third kappa shape index (κ3) is 3.07. The first kappa shape index (κ1) is 17.0. The molecule has 7 heteroatoms. The fourth-order valence-electron chi connectivity index (χ4n) is 3.12. The minimum absolute atomic E-state index is 0.00351. The average Bonchev–Trinajstić information content (AvgIpc) is 3.18. The molecule has 136 valence electrons. The van der Waals surface area contributed by atoms with Crippen molar-refractivity contribution in [2.24, 2.45) is 0 Å². The molecule has 2 heterocycles. The van der Waals surface area contributed by atoms with Crippen LogP contribution >= 0.6 is 11.8 Å². The molecule has 0 amide bonds. The highest BCUT2D eigenvalue weighted by Gasteiger charge is 2.41. The predicted molar refractivity (Wildman–Crippen MR) is 95.2 cm³/mol. The van der Waals surface area contributed by atoms with Crippen molar-refractivity contribution in [1.82, 2.24) is 0 Å². The van der Waals surface area contributed by atoms with Gasteiger partial charge in [-0.25, -0.2) is 0 Å². The number of esters is 1. The number of carbonyl (C=O) groups excluding carboxylic acids is 2. The van der Waals surface area contributed by atoms with E-state index in [2.05, 4.69) is 0 Å². The summed E-state index contributed by atoms with van der Waals surface area (Å²) in [5.41, 5.74) is 1.22. The Balaban J connectivity index is 1.66. The van der Waals surface area contributed by atoms with E-state index in [0.717, 1.165) is 12.8 Å². The lowest BCUT2D eigenvalue weighted by atomic mass is 10.0.